The largest absolute Gasteiger partial charge is 0.281 e. The summed E-state index contributed by atoms with van der Waals surface area (Å²) in [6.45, 7) is 4.01. The molecule has 5 nitrogen and oxygen atoms in total. The average Bonchev–Trinajstić information content (AvgIpc) is 2.79. The van der Waals surface area contributed by atoms with Gasteiger partial charge in [-0.3, -0.25) is 5.10 Å². The number of sulfonamides is 1. The van der Waals surface area contributed by atoms with Gasteiger partial charge in [0.05, 0.1) is 11.9 Å². The SMILES string of the molecule is Cc1ccccc1CN(C)S(=O)(=O)c1cn[nH]c1C. The van der Waals surface area contributed by atoms with Gasteiger partial charge in [0.1, 0.15) is 4.90 Å². The highest BCUT2D eigenvalue weighted by Gasteiger charge is 2.24. The molecule has 2 aromatic rings. The average molecular weight is 279 g/mol. The highest BCUT2D eigenvalue weighted by atomic mass is 32.2. The smallest absolute Gasteiger partial charge is 0.246 e. The van der Waals surface area contributed by atoms with Crippen LogP contribution in [0.5, 0.6) is 0 Å². The summed E-state index contributed by atoms with van der Waals surface area (Å²) in [5.41, 5.74) is 2.62. The summed E-state index contributed by atoms with van der Waals surface area (Å²) < 4.78 is 26.1. The highest BCUT2D eigenvalue weighted by Crippen LogP contribution is 2.19. The van der Waals surface area contributed by atoms with Crippen LogP contribution in [0.3, 0.4) is 0 Å². The quantitative estimate of drug-likeness (QED) is 0.928. The van der Waals surface area contributed by atoms with Crippen molar-refractivity contribution in [2.75, 3.05) is 7.05 Å². The van der Waals surface area contributed by atoms with E-state index in [2.05, 4.69) is 10.2 Å². The molecule has 0 spiro atoms. The first-order valence-electron chi connectivity index (χ1n) is 5.93. The minimum absolute atomic E-state index is 0.226. The minimum atomic E-state index is -3.50. The lowest BCUT2D eigenvalue weighted by Gasteiger charge is -2.17. The summed E-state index contributed by atoms with van der Waals surface area (Å²) in [4.78, 5) is 0.226. The van der Waals surface area contributed by atoms with E-state index in [0.29, 0.717) is 12.2 Å². The molecule has 0 bridgehead atoms. The van der Waals surface area contributed by atoms with Crippen LogP contribution < -0.4 is 0 Å². The topological polar surface area (TPSA) is 66.1 Å². The number of hydrogen-bond acceptors (Lipinski definition) is 3. The van der Waals surface area contributed by atoms with Crippen molar-refractivity contribution < 1.29 is 8.42 Å². The Kier molecular flexibility index (Phi) is 3.73. The molecule has 0 amide bonds. The predicted molar refractivity (Wildman–Crippen MR) is 73.2 cm³/mol. The number of aromatic nitrogens is 2. The third kappa shape index (κ3) is 2.69. The van der Waals surface area contributed by atoms with E-state index in [1.54, 1.807) is 14.0 Å². The molecule has 0 unspecified atom stereocenters. The van der Waals surface area contributed by atoms with Crippen molar-refractivity contribution in [3.63, 3.8) is 0 Å². The third-order valence-corrected chi connectivity index (χ3v) is 5.04. The lowest BCUT2D eigenvalue weighted by molar-refractivity contribution is 0.465. The van der Waals surface area contributed by atoms with E-state index < -0.39 is 10.0 Å². The van der Waals surface area contributed by atoms with Gasteiger partial charge in [-0.1, -0.05) is 24.3 Å². The van der Waals surface area contributed by atoms with Crippen molar-refractivity contribution in [3.8, 4) is 0 Å². The van der Waals surface area contributed by atoms with E-state index in [1.807, 2.05) is 31.2 Å². The molecule has 0 aliphatic rings. The molecule has 1 heterocycles. The number of aryl methyl sites for hydroxylation is 2. The second kappa shape index (κ2) is 5.14. The van der Waals surface area contributed by atoms with E-state index in [0.717, 1.165) is 11.1 Å². The van der Waals surface area contributed by atoms with Gasteiger partial charge >= 0.3 is 0 Å². The number of nitrogens with one attached hydrogen (secondary N) is 1. The number of H-pyrrole nitrogens is 1. The Morgan fingerprint density at radius 3 is 2.53 bits per heavy atom. The van der Waals surface area contributed by atoms with Crippen LogP contribution in [0.4, 0.5) is 0 Å². The van der Waals surface area contributed by atoms with E-state index in [-0.39, 0.29) is 4.90 Å². The molecule has 1 aromatic carbocycles. The monoisotopic (exact) mass is 279 g/mol. The standard InChI is InChI=1S/C13H17N3O2S/c1-10-6-4-5-7-12(10)9-16(3)19(17,18)13-8-14-15-11(13)2/h4-8H,9H2,1-3H3,(H,14,15). The summed E-state index contributed by atoms with van der Waals surface area (Å²) in [6.07, 6.45) is 1.35. The highest BCUT2D eigenvalue weighted by molar-refractivity contribution is 7.89. The Morgan fingerprint density at radius 2 is 1.95 bits per heavy atom. The number of rotatable bonds is 4. The maximum Gasteiger partial charge on any atom is 0.246 e. The molecule has 6 heteroatoms. The van der Waals surface area contributed by atoms with Crippen molar-refractivity contribution in [2.24, 2.45) is 0 Å². The van der Waals surface area contributed by atoms with E-state index in [9.17, 15) is 8.42 Å². The zero-order chi connectivity index (χ0) is 14.0. The van der Waals surface area contributed by atoms with Crippen LogP contribution in [0.25, 0.3) is 0 Å². The number of hydrogen-bond donors (Lipinski definition) is 1. The van der Waals surface area contributed by atoms with Gasteiger partial charge in [0, 0.05) is 13.6 Å². The van der Waals surface area contributed by atoms with Crippen molar-refractivity contribution in [2.45, 2.75) is 25.3 Å². The van der Waals surface area contributed by atoms with Crippen LogP contribution >= 0.6 is 0 Å². The van der Waals surface area contributed by atoms with E-state index >= 15 is 0 Å². The van der Waals surface area contributed by atoms with Gasteiger partial charge in [-0.05, 0) is 25.0 Å². The van der Waals surface area contributed by atoms with Crippen molar-refractivity contribution in [3.05, 3.63) is 47.3 Å². The molecule has 102 valence electrons. The zero-order valence-corrected chi connectivity index (χ0v) is 12.0. The van der Waals surface area contributed by atoms with Crippen LogP contribution in [0.1, 0.15) is 16.8 Å². The molecule has 19 heavy (non-hydrogen) atoms. The molecule has 0 fully saturated rings. The van der Waals surface area contributed by atoms with Crippen molar-refractivity contribution >= 4 is 10.0 Å². The van der Waals surface area contributed by atoms with Gasteiger partial charge in [-0.2, -0.15) is 9.40 Å². The fraction of sp³-hybridized carbons (Fsp3) is 0.308. The van der Waals surface area contributed by atoms with Crippen LogP contribution in [-0.2, 0) is 16.6 Å². The summed E-state index contributed by atoms with van der Waals surface area (Å²) >= 11 is 0. The summed E-state index contributed by atoms with van der Waals surface area (Å²) in [7, 11) is -1.92. The summed E-state index contributed by atoms with van der Waals surface area (Å²) in [6, 6.07) is 7.75. The van der Waals surface area contributed by atoms with Gasteiger partial charge in [0.2, 0.25) is 10.0 Å². The predicted octanol–water partition coefficient (Wildman–Crippen LogP) is 1.85. The molecule has 0 atom stereocenters. The molecule has 0 saturated carbocycles. The van der Waals surface area contributed by atoms with Gasteiger partial charge in [0.25, 0.3) is 0 Å². The molecule has 2 rings (SSSR count). The molecule has 1 N–H and O–H groups in total. The molecule has 0 saturated heterocycles. The van der Waals surface area contributed by atoms with E-state index in [4.69, 9.17) is 0 Å². The first-order valence-corrected chi connectivity index (χ1v) is 7.37. The molecule has 0 aliphatic carbocycles. The Labute approximate surface area is 113 Å². The molecule has 0 radical (unpaired) electrons. The lowest BCUT2D eigenvalue weighted by Crippen LogP contribution is -2.27. The second-order valence-corrected chi connectivity index (χ2v) is 6.56. The Bertz CT molecular complexity index is 677. The van der Waals surface area contributed by atoms with Gasteiger partial charge in [0.15, 0.2) is 0 Å². The third-order valence-electron chi connectivity index (χ3n) is 3.13. The minimum Gasteiger partial charge on any atom is -0.281 e. The molecule has 0 aliphatic heterocycles. The number of benzene rings is 1. The van der Waals surface area contributed by atoms with Crippen LogP contribution in [0.15, 0.2) is 35.4 Å². The van der Waals surface area contributed by atoms with Crippen LogP contribution in [0.2, 0.25) is 0 Å². The van der Waals surface area contributed by atoms with Gasteiger partial charge in [-0.15, -0.1) is 0 Å². The second-order valence-electron chi connectivity index (χ2n) is 4.55. The van der Waals surface area contributed by atoms with Crippen molar-refractivity contribution in [1.82, 2.24) is 14.5 Å². The zero-order valence-electron chi connectivity index (χ0n) is 11.2. The maximum absolute atomic E-state index is 12.4. The number of nitrogens with zero attached hydrogens (tertiary/aromatic N) is 2. The number of aromatic amines is 1. The molecular formula is C13H17N3O2S. The Balaban J connectivity index is 2.28. The van der Waals surface area contributed by atoms with E-state index in [1.165, 1.54) is 10.5 Å². The first-order chi connectivity index (χ1) is 8.93. The normalized spacial score (nSPS) is 12.0. The van der Waals surface area contributed by atoms with Crippen LogP contribution in [0, 0.1) is 13.8 Å². The van der Waals surface area contributed by atoms with Crippen molar-refractivity contribution in [1.29, 1.82) is 0 Å². The lowest BCUT2D eigenvalue weighted by atomic mass is 10.1. The maximum atomic E-state index is 12.4. The fourth-order valence-corrected chi connectivity index (χ4v) is 3.14. The summed E-state index contributed by atoms with van der Waals surface area (Å²) in [5, 5.41) is 6.41. The van der Waals surface area contributed by atoms with Gasteiger partial charge < -0.3 is 0 Å². The molecular weight excluding hydrogens is 262 g/mol. The first kappa shape index (κ1) is 13.8. The van der Waals surface area contributed by atoms with Crippen LogP contribution in [-0.4, -0.2) is 30.0 Å². The van der Waals surface area contributed by atoms with Gasteiger partial charge in [-0.25, -0.2) is 8.42 Å². The molecule has 1 aromatic heterocycles. The Morgan fingerprint density at radius 1 is 1.26 bits per heavy atom. The summed E-state index contributed by atoms with van der Waals surface area (Å²) in [5.74, 6) is 0. The fourth-order valence-electron chi connectivity index (χ4n) is 1.88. The Hall–Kier alpha value is -1.66.